The van der Waals surface area contributed by atoms with E-state index in [2.05, 4.69) is 5.32 Å². The van der Waals surface area contributed by atoms with Crippen LogP contribution in [-0.2, 0) is 9.59 Å². The molecule has 0 saturated carbocycles. The number of benzene rings is 2. The molecule has 1 N–H and O–H groups in total. The van der Waals surface area contributed by atoms with Crippen molar-refractivity contribution >= 4 is 52.3 Å². The molecule has 1 saturated heterocycles. The summed E-state index contributed by atoms with van der Waals surface area (Å²) in [6.07, 6.45) is 1.67. The Kier molecular flexibility index (Phi) is 7.26. The second-order valence-electron chi connectivity index (χ2n) is 6.13. The summed E-state index contributed by atoms with van der Waals surface area (Å²) < 4.78 is 0. The van der Waals surface area contributed by atoms with Crippen molar-refractivity contribution in [2.75, 3.05) is 18.8 Å². The van der Waals surface area contributed by atoms with Crippen molar-refractivity contribution in [2.24, 2.45) is 0 Å². The minimum absolute atomic E-state index is 0.0118. The highest BCUT2D eigenvalue weighted by Gasteiger charge is 2.34. The van der Waals surface area contributed by atoms with Gasteiger partial charge in [-0.25, -0.2) is 0 Å². The zero-order chi connectivity index (χ0) is 21.5. The molecule has 30 heavy (non-hydrogen) atoms. The summed E-state index contributed by atoms with van der Waals surface area (Å²) >= 11 is 2.12. The van der Waals surface area contributed by atoms with E-state index < -0.39 is 4.92 Å². The minimum Gasteiger partial charge on any atom is -0.354 e. The van der Waals surface area contributed by atoms with Crippen molar-refractivity contribution in [2.45, 2.75) is 4.90 Å². The predicted octanol–water partition coefficient (Wildman–Crippen LogP) is 3.54. The van der Waals surface area contributed by atoms with Crippen LogP contribution in [0.25, 0.3) is 6.08 Å². The zero-order valence-electron chi connectivity index (χ0n) is 15.6. The second-order valence-corrected chi connectivity index (χ2v) is 8.18. The molecule has 10 heteroatoms. The molecule has 3 amide bonds. The number of non-ortho nitro benzene ring substituents is 1. The number of carbonyl (C=O) groups excluding carboxylic acids is 3. The second kappa shape index (κ2) is 10.1. The van der Waals surface area contributed by atoms with Gasteiger partial charge in [-0.1, -0.05) is 30.3 Å². The van der Waals surface area contributed by atoms with E-state index in [4.69, 9.17) is 0 Å². The lowest BCUT2D eigenvalue weighted by molar-refractivity contribution is -0.384. The molecule has 0 atom stereocenters. The standard InChI is InChI=1S/C20H17N3O5S2/c24-18(13-29-16-8-6-15(7-9-16)23(27)28)21-10-11-22-19(25)17(30-20(22)26)12-14-4-2-1-3-5-14/h1-9,12H,10-11,13H2,(H,21,24). The maximum Gasteiger partial charge on any atom is 0.293 e. The van der Waals surface area contributed by atoms with Crippen LogP contribution in [0.5, 0.6) is 0 Å². The largest absolute Gasteiger partial charge is 0.354 e. The fourth-order valence-corrected chi connectivity index (χ4v) is 4.16. The van der Waals surface area contributed by atoms with E-state index in [1.54, 1.807) is 18.2 Å². The quantitative estimate of drug-likeness (QED) is 0.288. The lowest BCUT2D eigenvalue weighted by Gasteiger charge is -2.13. The zero-order valence-corrected chi connectivity index (χ0v) is 17.3. The van der Waals surface area contributed by atoms with Crippen LogP contribution in [0.1, 0.15) is 5.56 Å². The highest BCUT2D eigenvalue weighted by atomic mass is 32.2. The van der Waals surface area contributed by atoms with Gasteiger partial charge in [-0.3, -0.25) is 29.4 Å². The highest BCUT2D eigenvalue weighted by molar-refractivity contribution is 8.18. The third-order valence-electron chi connectivity index (χ3n) is 4.05. The highest BCUT2D eigenvalue weighted by Crippen LogP contribution is 2.31. The molecule has 2 aromatic rings. The van der Waals surface area contributed by atoms with Gasteiger partial charge in [-0.15, -0.1) is 11.8 Å². The van der Waals surface area contributed by atoms with Crippen LogP contribution >= 0.6 is 23.5 Å². The smallest absolute Gasteiger partial charge is 0.293 e. The van der Waals surface area contributed by atoms with Crippen LogP contribution < -0.4 is 5.32 Å². The average Bonchev–Trinajstić information content (AvgIpc) is 3.00. The van der Waals surface area contributed by atoms with Gasteiger partial charge < -0.3 is 5.32 Å². The molecule has 1 aliphatic rings. The summed E-state index contributed by atoms with van der Waals surface area (Å²) in [7, 11) is 0. The molecule has 1 aliphatic heterocycles. The molecular weight excluding hydrogens is 426 g/mol. The molecule has 8 nitrogen and oxygen atoms in total. The number of thioether (sulfide) groups is 2. The third-order valence-corrected chi connectivity index (χ3v) is 5.97. The number of hydrogen-bond acceptors (Lipinski definition) is 7. The summed E-state index contributed by atoms with van der Waals surface area (Å²) in [5.74, 6) is -0.512. The summed E-state index contributed by atoms with van der Waals surface area (Å²) in [5.41, 5.74) is 0.821. The summed E-state index contributed by atoms with van der Waals surface area (Å²) in [6, 6.07) is 15.2. The third kappa shape index (κ3) is 5.71. The molecule has 1 fully saturated rings. The predicted molar refractivity (Wildman–Crippen MR) is 116 cm³/mol. The Morgan fingerprint density at radius 3 is 2.50 bits per heavy atom. The normalized spacial score (nSPS) is 14.9. The molecule has 0 radical (unpaired) electrons. The number of nitrogens with one attached hydrogen (secondary N) is 1. The van der Waals surface area contributed by atoms with E-state index in [-0.39, 0.29) is 41.6 Å². The van der Waals surface area contributed by atoms with Gasteiger partial charge in [0.1, 0.15) is 0 Å². The van der Waals surface area contributed by atoms with Crippen molar-refractivity contribution in [1.29, 1.82) is 0 Å². The van der Waals surface area contributed by atoms with Crippen LogP contribution in [-0.4, -0.2) is 45.7 Å². The maximum absolute atomic E-state index is 12.4. The Morgan fingerprint density at radius 1 is 1.13 bits per heavy atom. The van der Waals surface area contributed by atoms with Gasteiger partial charge in [0.15, 0.2) is 0 Å². The van der Waals surface area contributed by atoms with Gasteiger partial charge >= 0.3 is 0 Å². The summed E-state index contributed by atoms with van der Waals surface area (Å²) in [5, 5.41) is 12.9. The molecule has 0 spiro atoms. The lowest BCUT2D eigenvalue weighted by atomic mass is 10.2. The number of nitro benzene ring substituents is 1. The first-order valence-electron chi connectivity index (χ1n) is 8.88. The van der Waals surface area contributed by atoms with E-state index in [1.807, 2.05) is 30.3 Å². The number of hydrogen-bond donors (Lipinski definition) is 1. The van der Waals surface area contributed by atoms with Gasteiger partial charge in [0.2, 0.25) is 5.91 Å². The van der Waals surface area contributed by atoms with Gasteiger partial charge in [0.25, 0.3) is 16.8 Å². The number of amides is 3. The lowest BCUT2D eigenvalue weighted by Crippen LogP contribution is -2.37. The average molecular weight is 444 g/mol. The fraction of sp³-hybridized carbons (Fsp3) is 0.150. The van der Waals surface area contributed by atoms with E-state index in [1.165, 1.54) is 23.9 Å². The Morgan fingerprint density at radius 2 is 1.83 bits per heavy atom. The number of nitrogens with zero attached hydrogens (tertiary/aromatic N) is 2. The van der Waals surface area contributed by atoms with Crippen molar-refractivity contribution in [3.63, 3.8) is 0 Å². The first-order valence-corrected chi connectivity index (χ1v) is 10.7. The number of imide groups is 1. The molecular formula is C20H17N3O5S2. The number of nitro groups is 1. The molecule has 154 valence electrons. The molecule has 1 heterocycles. The van der Waals surface area contributed by atoms with Gasteiger partial charge in [-0.05, 0) is 35.5 Å². The maximum atomic E-state index is 12.4. The van der Waals surface area contributed by atoms with Gasteiger partial charge in [0.05, 0.1) is 15.6 Å². The topological polar surface area (TPSA) is 110 Å². The van der Waals surface area contributed by atoms with Crippen LogP contribution in [0.2, 0.25) is 0 Å². The van der Waals surface area contributed by atoms with Crippen LogP contribution in [0.3, 0.4) is 0 Å². The van der Waals surface area contributed by atoms with Crippen molar-refractivity contribution in [3.05, 3.63) is 75.2 Å². The first kappa shape index (κ1) is 21.6. The number of rotatable bonds is 8. The van der Waals surface area contributed by atoms with Crippen molar-refractivity contribution in [3.8, 4) is 0 Å². The van der Waals surface area contributed by atoms with E-state index in [9.17, 15) is 24.5 Å². The van der Waals surface area contributed by atoms with E-state index in [0.717, 1.165) is 27.1 Å². The summed E-state index contributed by atoms with van der Waals surface area (Å²) in [4.78, 5) is 48.9. The Labute approximate surface area is 180 Å². The SMILES string of the molecule is O=C(CSc1ccc([N+](=O)[O-])cc1)NCCN1C(=O)SC(=Cc2ccccc2)C1=O. The molecule has 0 unspecified atom stereocenters. The van der Waals surface area contributed by atoms with Crippen LogP contribution in [0, 0.1) is 10.1 Å². The molecule has 0 aromatic heterocycles. The van der Waals surface area contributed by atoms with Crippen molar-refractivity contribution < 1.29 is 19.3 Å². The number of carbonyl (C=O) groups is 3. The molecule has 3 rings (SSSR count). The van der Waals surface area contributed by atoms with Crippen LogP contribution in [0.4, 0.5) is 10.5 Å². The van der Waals surface area contributed by atoms with Crippen LogP contribution in [0.15, 0.2) is 64.4 Å². The first-order chi connectivity index (χ1) is 14.4. The Hall–Kier alpha value is -3.11. The van der Waals surface area contributed by atoms with Crippen molar-refractivity contribution in [1.82, 2.24) is 10.2 Å². The Balaban J connectivity index is 1.44. The van der Waals surface area contributed by atoms with Gasteiger partial charge in [0, 0.05) is 30.1 Å². The molecule has 0 bridgehead atoms. The molecule has 2 aromatic carbocycles. The summed E-state index contributed by atoms with van der Waals surface area (Å²) in [6.45, 7) is 0.237. The van der Waals surface area contributed by atoms with Gasteiger partial charge in [-0.2, -0.15) is 0 Å². The monoisotopic (exact) mass is 443 g/mol. The minimum atomic E-state index is -0.485. The van der Waals surface area contributed by atoms with E-state index >= 15 is 0 Å². The fourth-order valence-electron chi connectivity index (χ4n) is 2.56. The van der Waals surface area contributed by atoms with E-state index in [0.29, 0.717) is 4.91 Å². The Bertz CT molecular complexity index is 993. The molecule has 0 aliphatic carbocycles.